The van der Waals surface area contributed by atoms with Crippen molar-refractivity contribution in [2.75, 3.05) is 0 Å². The van der Waals surface area contributed by atoms with E-state index in [0.717, 1.165) is 24.3 Å². The van der Waals surface area contributed by atoms with E-state index in [-0.39, 0.29) is 0 Å². The Labute approximate surface area is 87.0 Å². The zero-order chi connectivity index (χ0) is 10.2. The van der Waals surface area contributed by atoms with Gasteiger partial charge in [0.25, 0.3) is 0 Å². The molecule has 2 nitrogen and oxygen atoms in total. The Morgan fingerprint density at radius 1 is 1.14 bits per heavy atom. The van der Waals surface area contributed by atoms with Crippen LogP contribution >= 0.6 is 0 Å². The molecule has 1 aliphatic heterocycles. The van der Waals surface area contributed by atoms with Crippen LogP contribution in [0.2, 0.25) is 0 Å². The van der Waals surface area contributed by atoms with Gasteiger partial charge < -0.3 is 4.74 Å². The molecule has 1 radical (unpaired) electrons. The lowest BCUT2D eigenvalue weighted by atomic mass is 10.1. The van der Waals surface area contributed by atoms with E-state index in [1.165, 1.54) is 25.7 Å². The minimum Gasteiger partial charge on any atom is -0.466 e. The number of allylic oxidation sites excluding steroid dienone is 2. The van der Waals surface area contributed by atoms with Crippen molar-refractivity contribution in [1.82, 2.24) is 5.32 Å². The summed E-state index contributed by atoms with van der Waals surface area (Å²) in [5.41, 5.74) is 1.16. The van der Waals surface area contributed by atoms with Crippen LogP contribution in [0.25, 0.3) is 0 Å². The summed E-state index contributed by atoms with van der Waals surface area (Å²) in [4.78, 5) is 0. The molecule has 0 fully saturated rings. The maximum Gasteiger partial charge on any atom is 0.125 e. The molecule has 0 spiro atoms. The zero-order valence-electron chi connectivity index (χ0n) is 9.25. The predicted molar refractivity (Wildman–Crippen MR) is 58.4 cm³/mol. The van der Waals surface area contributed by atoms with Crippen molar-refractivity contribution < 1.29 is 4.74 Å². The Balaban J connectivity index is 2.47. The SMILES string of the molecule is CCCCC1=C(CCCC)OC=C[N]1. The Morgan fingerprint density at radius 2 is 1.86 bits per heavy atom. The summed E-state index contributed by atoms with van der Waals surface area (Å²) in [7, 11) is 0. The lowest BCUT2D eigenvalue weighted by Gasteiger charge is -2.16. The van der Waals surface area contributed by atoms with Gasteiger partial charge in [0.05, 0.1) is 11.9 Å². The normalized spacial score (nSPS) is 15.3. The van der Waals surface area contributed by atoms with Crippen molar-refractivity contribution >= 4 is 0 Å². The zero-order valence-corrected chi connectivity index (χ0v) is 9.25. The van der Waals surface area contributed by atoms with Crippen molar-refractivity contribution in [2.45, 2.75) is 52.4 Å². The van der Waals surface area contributed by atoms with Gasteiger partial charge in [-0.3, -0.25) is 5.32 Å². The highest BCUT2D eigenvalue weighted by Crippen LogP contribution is 2.20. The molecule has 0 atom stereocenters. The monoisotopic (exact) mass is 194 g/mol. The highest BCUT2D eigenvalue weighted by molar-refractivity contribution is 5.13. The van der Waals surface area contributed by atoms with E-state index in [2.05, 4.69) is 19.2 Å². The number of ether oxygens (including phenoxy) is 1. The minimum absolute atomic E-state index is 1.03. The Morgan fingerprint density at radius 3 is 2.57 bits per heavy atom. The topological polar surface area (TPSA) is 23.3 Å². The fourth-order valence-corrected chi connectivity index (χ4v) is 1.46. The fourth-order valence-electron chi connectivity index (χ4n) is 1.46. The summed E-state index contributed by atoms with van der Waals surface area (Å²) < 4.78 is 5.50. The van der Waals surface area contributed by atoms with E-state index in [1.807, 2.05) is 0 Å². The van der Waals surface area contributed by atoms with Crippen LogP contribution in [-0.2, 0) is 4.74 Å². The Hall–Kier alpha value is -0.920. The third-order valence-corrected chi connectivity index (χ3v) is 2.35. The Bertz CT molecular complexity index is 196. The first-order valence-electron chi connectivity index (χ1n) is 5.63. The van der Waals surface area contributed by atoms with Crippen LogP contribution in [0.5, 0.6) is 0 Å². The van der Waals surface area contributed by atoms with Crippen LogP contribution < -0.4 is 5.32 Å². The van der Waals surface area contributed by atoms with Crippen molar-refractivity contribution in [3.05, 3.63) is 23.9 Å². The fraction of sp³-hybridized carbons (Fsp3) is 0.667. The van der Waals surface area contributed by atoms with Crippen LogP contribution in [-0.4, -0.2) is 0 Å². The average Bonchev–Trinajstić information content (AvgIpc) is 2.24. The molecule has 1 heterocycles. The second kappa shape index (κ2) is 6.52. The van der Waals surface area contributed by atoms with Crippen LogP contribution in [0.1, 0.15) is 52.4 Å². The maximum absolute atomic E-state index is 5.50. The summed E-state index contributed by atoms with van der Waals surface area (Å²) in [6.45, 7) is 4.40. The van der Waals surface area contributed by atoms with Gasteiger partial charge in [0.15, 0.2) is 0 Å². The lowest BCUT2D eigenvalue weighted by molar-refractivity contribution is 0.306. The largest absolute Gasteiger partial charge is 0.466 e. The number of nitrogens with zero attached hydrogens (tertiary/aromatic N) is 1. The molecule has 0 aromatic rings. The molecule has 2 heteroatoms. The van der Waals surface area contributed by atoms with Crippen LogP contribution in [0.15, 0.2) is 23.9 Å². The van der Waals surface area contributed by atoms with E-state index in [0.29, 0.717) is 0 Å². The van der Waals surface area contributed by atoms with Gasteiger partial charge in [0, 0.05) is 6.42 Å². The van der Waals surface area contributed by atoms with Gasteiger partial charge in [0.2, 0.25) is 0 Å². The van der Waals surface area contributed by atoms with Crippen LogP contribution in [0.4, 0.5) is 0 Å². The van der Waals surface area contributed by atoms with Gasteiger partial charge in [-0.25, -0.2) is 0 Å². The number of unbranched alkanes of at least 4 members (excludes halogenated alkanes) is 2. The molecule has 1 aliphatic rings. The van der Waals surface area contributed by atoms with Gasteiger partial charge in [-0.1, -0.05) is 26.7 Å². The molecule has 0 aromatic carbocycles. The molecule has 0 saturated heterocycles. The standard InChI is InChI=1S/C12H20NO/c1-3-5-7-11-12(8-6-4-2)14-10-9-13-11/h9-10H,3-8H2,1-2H3. The molecule has 0 aromatic heterocycles. The molecule has 0 saturated carbocycles. The third kappa shape index (κ3) is 3.44. The maximum atomic E-state index is 5.50. The molecular formula is C12H20NO. The molecule has 0 aliphatic carbocycles. The van der Waals surface area contributed by atoms with E-state index in [4.69, 9.17) is 4.74 Å². The van der Waals surface area contributed by atoms with Gasteiger partial charge in [0.1, 0.15) is 12.0 Å². The van der Waals surface area contributed by atoms with Gasteiger partial charge in [-0.2, -0.15) is 0 Å². The van der Waals surface area contributed by atoms with Crippen molar-refractivity contribution in [2.24, 2.45) is 0 Å². The van der Waals surface area contributed by atoms with E-state index < -0.39 is 0 Å². The number of rotatable bonds is 6. The van der Waals surface area contributed by atoms with E-state index >= 15 is 0 Å². The molecule has 0 bridgehead atoms. The Kier molecular flexibility index (Phi) is 5.20. The van der Waals surface area contributed by atoms with Crippen molar-refractivity contribution in [3.8, 4) is 0 Å². The third-order valence-electron chi connectivity index (χ3n) is 2.35. The smallest absolute Gasteiger partial charge is 0.125 e. The quantitative estimate of drug-likeness (QED) is 0.632. The molecule has 0 N–H and O–H groups in total. The summed E-state index contributed by atoms with van der Waals surface area (Å²) in [5.74, 6) is 1.09. The summed E-state index contributed by atoms with van der Waals surface area (Å²) in [6.07, 6.45) is 10.3. The van der Waals surface area contributed by atoms with Crippen LogP contribution in [0.3, 0.4) is 0 Å². The highest BCUT2D eigenvalue weighted by atomic mass is 16.5. The lowest BCUT2D eigenvalue weighted by Crippen LogP contribution is -2.07. The van der Waals surface area contributed by atoms with Gasteiger partial charge in [-0.05, 0) is 19.3 Å². The number of hydrogen-bond acceptors (Lipinski definition) is 1. The number of hydrogen-bond donors (Lipinski definition) is 0. The minimum atomic E-state index is 1.03. The van der Waals surface area contributed by atoms with Crippen LogP contribution in [0, 0.1) is 0 Å². The summed E-state index contributed by atoms with van der Waals surface area (Å²) in [5, 5.41) is 4.38. The molecule has 0 amide bonds. The first-order valence-corrected chi connectivity index (χ1v) is 5.63. The molecule has 1 rings (SSSR count). The molecule has 14 heavy (non-hydrogen) atoms. The average molecular weight is 194 g/mol. The molecule has 79 valence electrons. The van der Waals surface area contributed by atoms with Crippen molar-refractivity contribution in [1.29, 1.82) is 0 Å². The first-order chi connectivity index (χ1) is 6.88. The highest BCUT2D eigenvalue weighted by Gasteiger charge is 2.10. The predicted octanol–water partition coefficient (Wildman–Crippen LogP) is 3.68. The summed E-state index contributed by atoms with van der Waals surface area (Å²) >= 11 is 0. The van der Waals surface area contributed by atoms with Gasteiger partial charge in [-0.15, -0.1) is 0 Å². The molecular weight excluding hydrogens is 174 g/mol. The molecule has 0 unspecified atom stereocenters. The second-order valence-corrected chi connectivity index (χ2v) is 3.61. The second-order valence-electron chi connectivity index (χ2n) is 3.61. The first kappa shape index (κ1) is 11.2. The van der Waals surface area contributed by atoms with E-state index in [9.17, 15) is 0 Å². The summed E-state index contributed by atoms with van der Waals surface area (Å²) in [6, 6.07) is 0. The van der Waals surface area contributed by atoms with E-state index in [1.54, 1.807) is 12.5 Å². The van der Waals surface area contributed by atoms with Gasteiger partial charge >= 0.3 is 0 Å². The van der Waals surface area contributed by atoms with Crippen molar-refractivity contribution in [3.63, 3.8) is 0 Å².